The Balaban J connectivity index is 1.56. The highest BCUT2D eigenvalue weighted by molar-refractivity contribution is 5.96. The Kier molecular flexibility index (Phi) is 5.60. The Morgan fingerprint density at radius 1 is 1.15 bits per heavy atom. The molecule has 0 saturated heterocycles. The number of carbonyl (C=O) groups excluding carboxylic acids is 2. The number of rotatable bonds is 8. The molecule has 3 N–H and O–H groups in total. The second-order valence-corrected chi connectivity index (χ2v) is 6.16. The Morgan fingerprint density at radius 3 is 2.63 bits per heavy atom. The van der Waals surface area contributed by atoms with Gasteiger partial charge in [0.1, 0.15) is 5.69 Å². The van der Waals surface area contributed by atoms with E-state index >= 15 is 0 Å². The summed E-state index contributed by atoms with van der Waals surface area (Å²) in [5.74, 6) is -0.581. The van der Waals surface area contributed by atoms with Gasteiger partial charge in [-0.05, 0) is 37.1 Å². The van der Waals surface area contributed by atoms with E-state index in [2.05, 4.69) is 20.9 Å². The number of amides is 2. The number of nitrogens with zero attached hydrogens (tertiary/aromatic N) is 2. The molecule has 1 aromatic heterocycles. The summed E-state index contributed by atoms with van der Waals surface area (Å²) in [6, 6.07) is 7.79. The summed E-state index contributed by atoms with van der Waals surface area (Å²) in [7, 11) is 0. The van der Waals surface area contributed by atoms with E-state index in [1.165, 1.54) is 18.3 Å². The lowest BCUT2D eigenvalue weighted by Crippen LogP contribution is -2.29. The molecule has 9 heteroatoms. The first-order chi connectivity index (χ1) is 13.0. The number of aromatic nitrogens is 1. The van der Waals surface area contributed by atoms with Crippen LogP contribution >= 0.6 is 0 Å². The summed E-state index contributed by atoms with van der Waals surface area (Å²) in [4.78, 5) is 38.6. The van der Waals surface area contributed by atoms with Gasteiger partial charge in [-0.3, -0.25) is 24.7 Å². The molecule has 0 aliphatic heterocycles. The molecule has 0 unspecified atom stereocenters. The third-order valence-electron chi connectivity index (χ3n) is 4.02. The first-order valence-electron chi connectivity index (χ1n) is 8.56. The second-order valence-electron chi connectivity index (χ2n) is 6.16. The topological polar surface area (TPSA) is 126 Å². The Labute approximate surface area is 155 Å². The number of nitro groups is 1. The molecule has 1 heterocycles. The largest absolute Gasteiger partial charge is 0.378 e. The second kappa shape index (κ2) is 8.26. The lowest BCUT2D eigenvalue weighted by Gasteiger charge is -2.10. The molecule has 3 rings (SSSR count). The van der Waals surface area contributed by atoms with E-state index in [4.69, 9.17) is 0 Å². The first-order valence-corrected chi connectivity index (χ1v) is 8.56. The van der Waals surface area contributed by atoms with Crippen LogP contribution in [0.2, 0.25) is 0 Å². The van der Waals surface area contributed by atoms with E-state index in [-0.39, 0.29) is 35.7 Å². The molecule has 27 heavy (non-hydrogen) atoms. The van der Waals surface area contributed by atoms with Crippen LogP contribution in [0.25, 0.3) is 0 Å². The van der Waals surface area contributed by atoms with Gasteiger partial charge in [0.2, 0.25) is 0 Å². The summed E-state index contributed by atoms with van der Waals surface area (Å²) in [5, 5.41) is 19.7. The number of nitro benzene ring substituents is 1. The number of pyridine rings is 1. The van der Waals surface area contributed by atoms with Gasteiger partial charge >= 0.3 is 0 Å². The molecule has 2 amide bonds. The minimum atomic E-state index is -0.537. The van der Waals surface area contributed by atoms with Gasteiger partial charge in [0, 0.05) is 43.2 Å². The Bertz CT molecular complexity index is 852. The van der Waals surface area contributed by atoms with Crippen LogP contribution in [0.3, 0.4) is 0 Å². The van der Waals surface area contributed by atoms with Crippen LogP contribution in [0.5, 0.6) is 0 Å². The number of hydrogen-bond acceptors (Lipinski definition) is 6. The first kappa shape index (κ1) is 18.3. The summed E-state index contributed by atoms with van der Waals surface area (Å²) < 4.78 is 0. The maximum atomic E-state index is 12.0. The highest BCUT2D eigenvalue weighted by Gasteiger charge is 2.25. The zero-order valence-corrected chi connectivity index (χ0v) is 14.5. The van der Waals surface area contributed by atoms with Gasteiger partial charge in [0.05, 0.1) is 10.5 Å². The quantitative estimate of drug-likeness (QED) is 0.369. The molecule has 1 aliphatic rings. The molecule has 0 bridgehead atoms. The van der Waals surface area contributed by atoms with E-state index < -0.39 is 4.92 Å². The smallest absolute Gasteiger partial charge is 0.293 e. The van der Waals surface area contributed by atoms with Crippen LogP contribution in [0.4, 0.5) is 11.4 Å². The average molecular weight is 369 g/mol. The molecule has 1 saturated carbocycles. The summed E-state index contributed by atoms with van der Waals surface area (Å²) in [5.41, 5.74) is 0.800. The highest BCUT2D eigenvalue weighted by atomic mass is 16.6. The zero-order chi connectivity index (χ0) is 19.2. The van der Waals surface area contributed by atoms with Crippen molar-refractivity contribution in [3.05, 3.63) is 64.0 Å². The van der Waals surface area contributed by atoms with Gasteiger partial charge in [0.15, 0.2) is 0 Å². The van der Waals surface area contributed by atoms with Crippen LogP contribution in [-0.4, -0.2) is 40.9 Å². The van der Waals surface area contributed by atoms with Crippen molar-refractivity contribution >= 4 is 23.2 Å². The molecule has 0 atom stereocenters. The third-order valence-corrected chi connectivity index (χ3v) is 4.02. The molecule has 2 aromatic rings. The van der Waals surface area contributed by atoms with Crippen LogP contribution in [0.1, 0.15) is 33.6 Å². The normalized spacial score (nSPS) is 12.9. The monoisotopic (exact) mass is 369 g/mol. The third kappa shape index (κ3) is 5.00. The van der Waals surface area contributed by atoms with E-state index in [1.54, 1.807) is 24.4 Å². The van der Waals surface area contributed by atoms with E-state index in [1.807, 2.05) is 0 Å². The molecule has 0 radical (unpaired) electrons. The number of nitrogens with one attached hydrogen (secondary N) is 3. The highest BCUT2D eigenvalue weighted by Crippen LogP contribution is 2.26. The van der Waals surface area contributed by atoms with Gasteiger partial charge in [-0.2, -0.15) is 0 Å². The standard InChI is InChI=1S/C18H19N5O4/c24-17(13-2-1-7-19-11-13)21-9-8-20-15-6-3-12(10-16(15)23(26)27)18(25)22-14-4-5-14/h1-3,6-7,10-11,14,20H,4-5,8-9H2,(H,21,24)(H,22,25). The molecule has 1 fully saturated rings. The predicted octanol–water partition coefficient (Wildman–Crippen LogP) is 1.72. The average Bonchev–Trinajstić information content (AvgIpc) is 3.49. The maximum Gasteiger partial charge on any atom is 0.293 e. The van der Waals surface area contributed by atoms with Gasteiger partial charge < -0.3 is 16.0 Å². The fraction of sp³-hybridized carbons (Fsp3) is 0.278. The van der Waals surface area contributed by atoms with Gasteiger partial charge in [-0.1, -0.05) is 0 Å². The molecule has 9 nitrogen and oxygen atoms in total. The van der Waals surface area contributed by atoms with Crippen molar-refractivity contribution in [1.82, 2.24) is 15.6 Å². The fourth-order valence-corrected chi connectivity index (χ4v) is 2.44. The Morgan fingerprint density at radius 2 is 1.96 bits per heavy atom. The van der Waals surface area contributed by atoms with Crippen LogP contribution in [0, 0.1) is 10.1 Å². The van der Waals surface area contributed by atoms with Crippen molar-refractivity contribution in [1.29, 1.82) is 0 Å². The summed E-state index contributed by atoms with van der Waals surface area (Å²) >= 11 is 0. The lowest BCUT2D eigenvalue weighted by atomic mass is 10.1. The van der Waals surface area contributed by atoms with Gasteiger partial charge in [0.25, 0.3) is 17.5 Å². The van der Waals surface area contributed by atoms with Crippen molar-refractivity contribution < 1.29 is 14.5 Å². The summed E-state index contributed by atoms with van der Waals surface area (Å²) in [6.45, 7) is 0.565. The van der Waals surface area contributed by atoms with Crippen LogP contribution in [0.15, 0.2) is 42.7 Å². The van der Waals surface area contributed by atoms with E-state index in [9.17, 15) is 19.7 Å². The molecular weight excluding hydrogens is 350 g/mol. The van der Waals surface area contributed by atoms with Crippen molar-refractivity contribution in [2.75, 3.05) is 18.4 Å². The predicted molar refractivity (Wildman–Crippen MR) is 98.6 cm³/mol. The molecule has 1 aromatic carbocycles. The zero-order valence-electron chi connectivity index (χ0n) is 14.5. The number of hydrogen-bond donors (Lipinski definition) is 3. The number of anilines is 1. The van der Waals surface area contributed by atoms with Crippen LogP contribution < -0.4 is 16.0 Å². The molecule has 140 valence electrons. The van der Waals surface area contributed by atoms with Crippen molar-refractivity contribution in [3.63, 3.8) is 0 Å². The van der Waals surface area contributed by atoms with E-state index in [0.717, 1.165) is 12.8 Å². The van der Waals surface area contributed by atoms with Crippen LogP contribution in [-0.2, 0) is 0 Å². The minimum Gasteiger partial charge on any atom is -0.378 e. The minimum absolute atomic E-state index is 0.179. The SMILES string of the molecule is O=C(NCCNc1ccc(C(=O)NC2CC2)cc1[N+](=O)[O-])c1cccnc1. The molecule has 1 aliphatic carbocycles. The number of carbonyl (C=O) groups is 2. The number of benzene rings is 1. The van der Waals surface area contributed by atoms with Gasteiger partial charge in [-0.15, -0.1) is 0 Å². The molecule has 0 spiro atoms. The van der Waals surface area contributed by atoms with Crippen molar-refractivity contribution in [3.8, 4) is 0 Å². The fourth-order valence-electron chi connectivity index (χ4n) is 2.44. The Hall–Kier alpha value is -3.49. The lowest BCUT2D eigenvalue weighted by molar-refractivity contribution is -0.384. The van der Waals surface area contributed by atoms with Gasteiger partial charge in [-0.25, -0.2) is 0 Å². The van der Waals surface area contributed by atoms with Crippen molar-refractivity contribution in [2.24, 2.45) is 0 Å². The summed E-state index contributed by atoms with van der Waals surface area (Å²) in [6.07, 6.45) is 4.92. The molecular formula is C18H19N5O4. The van der Waals surface area contributed by atoms with E-state index in [0.29, 0.717) is 17.8 Å². The van der Waals surface area contributed by atoms with Crippen molar-refractivity contribution in [2.45, 2.75) is 18.9 Å². The maximum absolute atomic E-state index is 12.0.